The fourth-order valence-electron chi connectivity index (χ4n) is 1.19. The van der Waals surface area contributed by atoms with E-state index in [0.717, 1.165) is 18.5 Å². The van der Waals surface area contributed by atoms with E-state index < -0.39 is 0 Å². The monoisotopic (exact) mass is 197 g/mol. The molecule has 0 aliphatic carbocycles. The molecule has 3 heteroatoms. The topological polar surface area (TPSA) is 32.3 Å². The minimum absolute atomic E-state index is 0.203. The average molecular weight is 197 g/mol. The second kappa shape index (κ2) is 5.73. The zero-order valence-electron chi connectivity index (χ0n) is 8.33. The third-order valence-corrected chi connectivity index (χ3v) is 1.94. The van der Waals surface area contributed by atoms with Gasteiger partial charge >= 0.3 is 0 Å². The van der Waals surface area contributed by atoms with E-state index in [-0.39, 0.29) is 11.9 Å². The summed E-state index contributed by atoms with van der Waals surface area (Å²) in [7, 11) is 0. The van der Waals surface area contributed by atoms with Crippen molar-refractivity contribution in [1.29, 1.82) is 0 Å². The molecule has 0 radical (unpaired) electrons. The number of hydrogen-bond acceptors (Lipinski definition) is 2. The number of aliphatic hydroxyl groups is 1. The highest BCUT2D eigenvalue weighted by atomic mass is 19.1. The molecule has 0 saturated heterocycles. The molecule has 2 N–H and O–H groups in total. The Bertz CT molecular complexity index is 258. The molecule has 1 rings (SSSR count). The molecule has 0 aromatic heterocycles. The smallest absolute Gasteiger partial charge is 0.123 e. The van der Waals surface area contributed by atoms with Gasteiger partial charge in [0.05, 0.1) is 6.10 Å². The van der Waals surface area contributed by atoms with Crippen LogP contribution >= 0.6 is 0 Å². The molecular formula is C11H16FNO. The van der Waals surface area contributed by atoms with E-state index in [1.807, 2.05) is 0 Å². The summed E-state index contributed by atoms with van der Waals surface area (Å²) in [5.74, 6) is -0.203. The predicted molar refractivity (Wildman–Crippen MR) is 54.7 cm³/mol. The van der Waals surface area contributed by atoms with Crippen molar-refractivity contribution in [3.8, 4) is 0 Å². The third kappa shape index (κ3) is 4.35. The molecule has 0 aliphatic rings. The van der Waals surface area contributed by atoms with Crippen molar-refractivity contribution in [2.75, 3.05) is 13.1 Å². The molecule has 0 amide bonds. The molecule has 0 aliphatic heterocycles. The SMILES string of the molecule is CC(O)CNCCc1ccc(F)cc1. The summed E-state index contributed by atoms with van der Waals surface area (Å²) >= 11 is 0. The van der Waals surface area contributed by atoms with Gasteiger partial charge in [0.25, 0.3) is 0 Å². The van der Waals surface area contributed by atoms with E-state index in [2.05, 4.69) is 5.32 Å². The minimum atomic E-state index is -0.316. The van der Waals surface area contributed by atoms with Crippen LogP contribution in [0.3, 0.4) is 0 Å². The molecule has 2 nitrogen and oxygen atoms in total. The van der Waals surface area contributed by atoms with Crippen LogP contribution in [-0.4, -0.2) is 24.3 Å². The van der Waals surface area contributed by atoms with Gasteiger partial charge in [0.2, 0.25) is 0 Å². The molecule has 0 spiro atoms. The Labute approximate surface area is 83.8 Å². The molecule has 1 aromatic carbocycles. The van der Waals surface area contributed by atoms with Crippen LogP contribution in [-0.2, 0) is 6.42 Å². The average Bonchev–Trinajstić information content (AvgIpc) is 2.15. The molecule has 78 valence electrons. The summed E-state index contributed by atoms with van der Waals surface area (Å²) in [5, 5.41) is 12.1. The van der Waals surface area contributed by atoms with Gasteiger partial charge in [-0.15, -0.1) is 0 Å². The van der Waals surface area contributed by atoms with Crippen molar-refractivity contribution in [2.45, 2.75) is 19.4 Å². The zero-order chi connectivity index (χ0) is 10.4. The first kappa shape index (κ1) is 11.1. The Kier molecular flexibility index (Phi) is 4.56. The fraction of sp³-hybridized carbons (Fsp3) is 0.455. The Hall–Kier alpha value is -0.930. The fourth-order valence-corrected chi connectivity index (χ4v) is 1.19. The summed E-state index contributed by atoms with van der Waals surface area (Å²) in [5.41, 5.74) is 1.10. The number of aliphatic hydroxyl groups excluding tert-OH is 1. The quantitative estimate of drug-likeness (QED) is 0.698. The van der Waals surface area contributed by atoms with Crippen molar-refractivity contribution in [3.05, 3.63) is 35.6 Å². The van der Waals surface area contributed by atoms with Crippen molar-refractivity contribution < 1.29 is 9.50 Å². The van der Waals surface area contributed by atoms with Gasteiger partial charge in [-0.05, 0) is 37.6 Å². The van der Waals surface area contributed by atoms with E-state index in [9.17, 15) is 4.39 Å². The first-order valence-corrected chi connectivity index (χ1v) is 4.81. The second-order valence-corrected chi connectivity index (χ2v) is 3.43. The number of hydrogen-bond donors (Lipinski definition) is 2. The molecular weight excluding hydrogens is 181 g/mol. The summed E-state index contributed by atoms with van der Waals surface area (Å²) in [4.78, 5) is 0. The number of halogens is 1. The van der Waals surface area contributed by atoms with E-state index in [1.165, 1.54) is 12.1 Å². The molecule has 0 saturated carbocycles. The van der Waals surface area contributed by atoms with Crippen LogP contribution < -0.4 is 5.32 Å². The summed E-state index contributed by atoms with van der Waals surface area (Å²) in [6, 6.07) is 6.48. The van der Waals surface area contributed by atoms with Gasteiger partial charge in [-0.2, -0.15) is 0 Å². The first-order valence-electron chi connectivity index (χ1n) is 4.81. The van der Waals surface area contributed by atoms with Crippen molar-refractivity contribution in [2.24, 2.45) is 0 Å². The van der Waals surface area contributed by atoms with Crippen LogP contribution in [0.4, 0.5) is 4.39 Å². The van der Waals surface area contributed by atoms with Crippen LogP contribution in [0, 0.1) is 5.82 Å². The molecule has 14 heavy (non-hydrogen) atoms. The van der Waals surface area contributed by atoms with Gasteiger partial charge in [-0.3, -0.25) is 0 Å². The van der Waals surface area contributed by atoms with Gasteiger partial charge < -0.3 is 10.4 Å². The molecule has 1 aromatic rings. The number of rotatable bonds is 5. The van der Waals surface area contributed by atoms with Gasteiger partial charge in [0.1, 0.15) is 5.82 Å². The lowest BCUT2D eigenvalue weighted by Gasteiger charge is -2.06. The Balaban J connectivity index is 2.21. The Morgan fingerprint density at radius 1 is 1.36 bits per heavy atom. The van der Waals surface area contributed by atoms with E-state index in [0.29, 0.717) is 6.54 Å². The maximum absolute atomic E-state index is 12.5. The molecule has 1 atom stereocenters. The normalized spacial score (nSPS) is 12.8. The third-order valence-electron chi connectivity index (χ3n) is 1.94. The van der Waals surface area contributed by atoms with Crippen LogP contribution in [0.2, 0.25) is 0 Å². The van der Waals surface area contributed by atoms with Gasteiger partial charge in [-0.25, -0.2) is 4.39 Å². The van der Waals surface area contributed by atoms with Gasteiger partial charge in [0.15, 0.2) is 0 Å². The highest BCUT2D eigenvalue weighted by Gasteiger charge is 1.96. The van der Waals surface area contributed by atoms with Crippen molar-refractivity contribution >= 4 is 0 Å². The Morgan fingerprint density at radius 3 is 2.57 bits per heavy atom. The summed E-state index contributed by atoms with van der Waals surface area (Å²) in [6.45, 7) is 3.14. The summed E-state index contributed by atoms with van der Waals surface area (Å²) < 4.78 is 12.5. The Morgan fingerprint density at radius 2 is 2.00 bits per heavy atom. The number of nitrogens with one attached hydrogen (secondary N) is 1. The lowest BCUT2D eigenvalue weighted by molar-refractivity contribution is 0.191. The predicted octanol–water partition coefficient (Wildman–Crippen LogP) is 1.34. The number of benzene rings is 1. The first-order chi connectivity index (χ1) is 6.68. The maximum Gasteiger partial charge on any atom is 0.123 e. The van der Waals surface area contributed by atoms with Crippen molar-refractivity contribution in [3.63, 3.8) is 0 Å². The molecule has 1 unspecified atom stereocenters. The van der Waals surface area contributed by atoms with E-state index in [1.54, 1.807) is 19.1 Å². The maximum atomic E-state index is 12.5. The van der Waals surface area contributed by atoms with Crippen LogP contribution in [0.15, 0.2) is 24.3 Å². The van der Waals surface area contributed by atoms with Crippen LogP contribution in [0.1, 0.15) is 12.5 Å². The molecule has 0 bridgehead atoms. The molecule has 0 heterocycles. The second-order valence-electron chi connectivity index (χ2n) is 3.43. The van der Waals surface area contributed by atoms with Gasteiger partial charge in [0, 0.05) is 6.54 Å². The van der Waals surface area contributed by atoms with Crippen LogP contribution in [0.5, 0.6) is 0 Å². The van der Waals surface area contributed by atoms with Gasteiger partial charge in [-0.1, -0.05) is 12.1 Å². The highest BCUT2D eigenvalue weighted by Crippen LogP contribution is 2.02. The zero-order valence-corrected chi connectivity index (χ0v) is 8.33. The molecule has 0 fully saturated rings. The highest BCUT2D eigenvalue weighted by molar-refractivity contribution is 5.16. The van der Waals surface area contributed by atoms with E-state index >= 15 is 0 Å². The van der Waals surface area contributed by atoms with Crippen molar-refractivity contribution in [1.82, 2.24) is 5.32 Å². The van der Waals surface area contributed by atoms with E-state index in [4.69, 9.17) is 5.11 Å². The standard InChI is InChI=1S/C11H16FNO/c1-9(14)8-13-7-6-10-2-4-11(12)5-3-10/h2-5,9,13-14H,6-8H2,1H3. The minimum Gasteiger partial charge on any atom is -0.392 e. The lowest BCUT2D eigenvalue weighted by Crippen LogP contribution is -2.26. The lowest BCUT2D eigenvalue weighted by atomic mass is 10.1. The summed E-state index contributed by atoms with van der Waals surface area (Å²) in [6.07, 6.45) is 0.538. The van der Waals surface area contributed by atoms with Crippen LogP contribution in [0.25, 0.3) is 0 Å². The largest absolute Gasteiger partial charge is 0.392 e.